The molecule has 0 aliphatic heterocycles. The van der Waals surface area contributed by atoms with Gasteiger partial charge in [0.05, 0.1) is 16.3 Å². The molecule has 1 amide bonds. The highest BCUT2D eigenvalue weighted by Crippen LogP contribution is 2.31. The fourth-order valence-electron chi connectivity index (χ4n) is 2.33. The number of rotatable bonds is 5. The normalized spacial score (nSPS) is 12.9. The van der Waals surface area contributed by atoms with Gasteiger partial charge in [0, 0.05) is 11.9 Å². The van der Waals surface area contributed by atoms with Gasteiger partial charge in [-0.3, -0.25) is 4.79 Å². The maximum atomic E-state index is 12.8. The number of carbonyl (C=O) groups excluding carboxylic acids is 1. The van der Waals surface area contributed by atoms with Gasteiger partial charge >= 0.3 is 6.18 Å². The molecule has 26 heavy (non-hydrogen) atoms. The van der Waals surface area contributed by atoms with Crippen molar-refractivity contribution in [3.8, 4) is 0 Å². The van der Waals surface area contributed by atoms with Gasteiger partial charge in [0.25, 0.3) is 0 Å². The minimum Gasteiger partial charge on any atom is -0.332 e. The average molecular weight is 380 g/mol. The van der Waals surface area contributed by atoms with Crippen LogP contribution in [-0.4, -0.2) is 26.1 Å². The molecule has 0 saturated heterocycles. The van der Waals surface area contributed by atoms with Crippen molar-refractivity contribution < 1.29 is 18.0 Å². The molecular weight excluding hydrogens is 365 g/mol. The molecule has 0 aliphatic carbocycles. The summed E-state index contributed by atoms with van der Waals surface area (Å²) in [6.07, 6.45) is -2.35. The third-order valence-electron chi connectivity index (χ3n) is 3.61. The molecule has 2 aromatic heterocycles. The summed E-state index contributed by atoms with van der Waals surface area (Å²) in [4.78, 5) is 23.9. The number of fused-ring (bicyclic) bond motifs is 1. The van der Waals surface area contributed by atoms with Crippen LogP contribution in [0.4, 0.5) is 18.9 Å². The van der Waals surface area contributed by atoms with Crippen molar-refractivity contribution in [3.63, 3.8) is 0 Å². The summed E-state index contributed by atoms with van der Waals surface area (Å²) in [6.45, 7) is 1.82. The molecule has 1 unspecified atom stereocenters. The number of hydrogen-bond donors (Lipinski definition) is 2. The van der Waals surface area contributed by atoms with Crippen LogP contribution in [0.15, 0.2) is 47.8 Å². The number of anilines is 1. The van der Waals surface area contributed by atoms with E-state index in [9.17, 15) is 18.0 Å². The zero-order valence-corrected chi connectivity index (χ0v) is 14.5. The Bertz CT molecular complexity index is 893. The van der Waals surface area contributed by atoms with Gasteiger partial charge in [-0.1, -0.05) is 24.8 Å². The summed E-state index contributed by atoms with van der Waals surface area (Å²) in [6, 6.07) is 8.16. The Labute approximate surface area is 151 Å². The second-order valence-corrected chi connectivity index (χ2v) is 6.69. The van der Waals surface area contributed by atoms with Crippen LogP contribution in [0.3, 0.4) is 0 Å². The Kier molecular flexibility index (Phi) is 5.17. The van der Waals surface area contributed by atoms with E-state index in [0.29, 0.717) is 17.2 Å². The maximum absolute atomic E-state index is 12.8. The summed E-state index contributed by atoms with van der Waals surface area (Å²) in [5.74, 6) is -0.384. The number of carbonyl (C=O) groups is 1. The predicted molar refractivity (Wildman–Crippen MR) is 93.9 cm³/mol. The number of alkyl halides is 3. The fourth-order valence-corrected chi connectivity index (χ4v) is 3.24. The van der Waals surface area contributed by atoms with Gasteiger partial charge in [-0.2, -0.15) is 13.2 Å². The molecule has 3 rings (SSSR count). The SMILES string of the molecule is CCC(Sc1nc2ncccc2[nH]1)C(=O)Nc1cccc(C(F)(F)F)c1. The van der Waals surface area contributed by atoms with Crippen molar-refractivity contribution in [3.05, 3.63) is 48.2 Å². The lowest BCUT2D eigenvalue weighted by Gasteiger charge is -2.14. The molecule has 0 aliphatic rings. The lowest BCUT2D eigenvalue weighted by atomic mass is 10.2. The van der Waals surface area contributed by atoms with Gasteiger partial charge in [0.2, 0.25) is 5.91 Å². The van der Waals surface area contributed by atoms with Crippen LogP contribution in [0, 0.1) is 0 Å². The molecule has 0 fully saturated rings. The minimum absolute atomic E-state index is 0.107. The Morgan fingerprint density at radius 1 is 1.31 bits per heavy atom. The lowest BCUT2D eigenvalue weighted by molar-refractivity contribution is -0.137. The van der Waals surface area contributed by atoms with Crippen molar-refractivity contribution in [2.45, 2.75) is 29.9 Å². The van der Waals surface area contributed by atoms with Crippen molar-refractivity contribution >= 4 is 34.5 Å². The molecule has 9 heteroatoms. The summed E-state index contributed by atoms with van der Waals surface area (Å²) in [5.41, 5.74) is 0.598. The van der Waals surface area contributed by atoms with Gasteiger partial charge in [0.1, 0.15) is 0 Å². The quantitative estimate of drug-likeness (QED) is 0.640. The first kappa shape index (κ1) is 18.2. The zero-order chi connectivity index (χ0) is 18.7. The van der Waals surface area contributed by atoms with E-state index in [1.54, 1.807) is 12.3 Å². The number of imidazole rings is 1. The van der Waals surface area contributed by atoms with Crippen LogP contribution in [0.2, 0.25) is 0 Å². The number of aromatic nitrogens is 3. The number of hydrogen-bond acceptors (Lipinski definition) is 4. The van der Waals surface area contributed by atoms with Crippen LogP contribution in [0.1, 0.15) is 18.9 Å². The largest absolute Gasteiger partial charge is 0.416 e. The number of nitrogens with one attached hydrogen (secondary N) is 2. The number of H-pyrrole nitrogens is 1. The first-order chi connectivity index (χ1) is 12.4. The number of nitrogens with zero attached hydrogens (tertiary/aromatic N) is 2. The molecule has 3 aromatic rings. The summed E-state index contributed by atoms with van der Waals surface area (Å²) in [7, 11) is 0. The van der Waals surface area contributed by atoms with Crippen molar-refractivity contribution in [2.75, 3.05) is 5.32 Å². The van der Waals surface area contributed by atoms with Gasteiger partial charge in [-0.25, -0.2) is 9.97 Å². The van der Waals surface area contributed by atoms with Crippen LogP contribution in [0.25, 0.3) is 11.2 Å². The second kappa shape index (κ2) is 7.36. The molecule has 5 nitrogen and oxygen atoms in total. The number of thioether (sulfide) groups is 1. The third-order valence-corrected chi connectivity index (χ3v) is 4.86. The number of aromatic amines is 1. The van der Waals surface area contributed by atoms with Crippen molar-refractivity contribution in [1.29, 1.82) is 0 Å². The van der Waals surface area contributed by atoms with Crippen LogP contribution >= 0.6 is 11.8 Å². The average Bonchev–Trinajstić information content (AvgIpc) is 3.01. The monoisotopic (exact) mass is 380 g/mol. The van der Waals surface area contributed by atoms with Gasteiger partial charge < -0.3 is 10.3 Å². The van der Waals surface area contributed by atoms with Crippen LogP contribution in [0.5, 0.6) is 0 Å². The third kappa shape index (κ3) is 4.16. The molecule has 0 spiro atoms. The molecule has 0 bridgehead atoms. The number of benzene rings is 1. The van der Waals surface area contributed by atoms with E-state index in [1.165, 1.54) is 23.9 Å². The molecule has 0 radical (unpaired) electrons. The Hall–Kier alpha value is -2.55. The van der Waals surface area contributed by atoms with E-state index in [-0.39, 0.29) is 11.6 Å². The highest BCUT2D eigenvalue weighted by atomic mass is 32.2. The number of halogens is 3. The molecule has 136 valence electrons. The number of pyridine rings is 1. The maximum Gasteiger partial charge on any atom is 0.416 e. The van der Waals surface area contributed by atoms with E-state index in [4.69, 9.17) is 0 Å². The summed E-state index contributed by atoms with van der Waals surface area (Å²) >= 11 is 1.21. The van der Waals surface area contributed by atoms with Gasteiger partial charge in [-0.05, 0) is 36.8 Å². The van der Waals surface area contributed by atoms with Gasteiger partial charge in [-0.15, -0.1) is 0 Å². The smallest absolute Gasteiger partial charge is 0.332 e. The molecule has 2 N–H and O–H groups in total. The Morgan fingerprint density at radius 2 is 2.12 bits per heavy atom. The standard InChI is InChI=1S/C17H15F3N4OS/c1-2-13(26-16-23-12-7-4-8-21-14(12)24-16)15(25)22-11-6-3-5-10(9-11)17(18,19)20/h3-9,13H,2H2,1H3,(H,22,25)(H,21,23,24). The molecular formula is C17H15F3N4OS. The Morgan fingerprint density at radius 3 is 2.81 bits per heavy atom. The fraction of sp³-hybridized carbons (Fsp3) is 0.235. The Balaban J connectivity index is 1.73. The molecule has 1 aromatic carbocycles. The minimum atomic E-state index is -4.46. The predicted octanol–water partition coefficient (Wildman–Crippen LogP) is 4.49. The van der Waals surface area contributed by atoms with E-state index >= 15 is 0 Å². The van der Waals surface area contributed by atoms with E-state index < -0.39 is 17.0 Å². The second-order valence-electron chi connectivity index (χ2n) is 5.50. The first-order valence-electron chi connectivity index (χ1n) is 7.82. The summed E-state index contributed by atoms with van der Waals surface area (Å²) < 4.78 is 38.4. The molecule has 0 saturated carbocycles. The highest BCUT2D eigenvalue weighted by Gasteiger charge is 2.30. The van der Waals surface area contributed by atoms with Gasteiger partial charge in [0.15, 0.2) is 10.8 Å². The van der Waals surface area contributed by atoms with Crippen LogP contribution < -0.4 is 5.32 Å². The molecule has 1 atom stereocenters. The number of amides is 1. The molecule has 2 heterocycles. The summed E-state index contributed by atoms with van der Waals surface area (Å²) in [5, 5.41) is 2.57. The first-order valence-corrected chi connectivity index (χ1v) is 8.70. The van der Waals surface area contributed by atoms with E-state index in [0.717, 1.165) is 17.6 Å². The van der Waals surface area contributed by atoms with E-state index in [1.807, 2.05) is 13.0 Å². The van der Waals surface area contributed by atoms with Crippen molar-refractivity contribution in [1.82, 2.24) is 15.0 Å². The highest BCUT2D eigenvalue weighted by molar-refractivity contribution is 8.00. The van der Waals surface area contributed by atoms with E-state index in [2.05, 4.69) is 20.3 Å². The topological polar surface area (TPSA) is 70.7 Å². The van der Waals surface area contributed by atoms with Crippen LogP contribution in [-0.2, 0) is 11.0 Å². The van der Waals surface area contributed by atoms with Crippen molar-refractivity contribution in [2.24, 2.45) is 0 Å². The zero-order valence-electron chi connectivity index (χ0n) is 13.7. The lowest BCUT2D eigenvalue weighted by Crippen LogP contribution is -2.24.